The van der Waals surface area contributed by atoms with Crippen LogP contribution >= 0.6 is 27.5 Å². The summed E-state index contributed by atoms with van der Waals surface area (Å²) in [5.74, 6) is -0.477. The second-order valence-corrected chi connectivity index (χ2v) is 10.4. The first kappa shape index (κ1) is 24.5. The van der Waals surface area contributed by atoms with Crippen LogP contribution in [0.1, 0.15) is 61.0 Å². The number of hydrogen-bond donors (Lipinski definition) is 1. The summed E-state index contributed by atoms with van der Waals surface area (Å²) in [6, 6.07) is 5.11. The number of hydrogen-bond acceptors (Lipinski definition) is 4. The van der Waals surface area contributed by atoms with Crippen LogP contribution < -0.4 is 10.2 Å². The van der Waals surface area contributed by atoms with E-state index in [0.29, 0.717) is 47.2 Å². The Bertz CT molecular complexity index is 1230. The lowest BCUT2D eigenvalue weighted by atomic mass is 9.83. The number of amides is 1. The van der Waals surface area contributed by atoms with Gasteiger partial charge in [0.05, 0.1) is 5.69 Å². The lowest BCUT2D eigenvalue weighted by Crippen LogP contribution is -2.53. The summed E-state index contributed by atoms with van der Waals surface area (Å²) in [4.78, 5) is 23.8. The largest absolute Gasteiger partial charge is 0.433 e. The summed E-state index contributed by atoms with van der Waals surface area (Å²) in [5.41, 5.74) is -0.0550. The number of pyridine rings is 1. The van der Waals surface area contributed by atoms with Gasteiger partial charge < -0.3 is 10.2 Å². The second kappa shape index (κ2) is 8.73. The summed E-state index contributed by atoms with van der Waals surface area (Å²) in [6.45, 7) is 2.37. The number of piperidine rings is 1. The lowest BCUT2D eigenvalue weighted by Gasteiger charge is -2.42. The maximum absolute atomic E-state index is 14.5. The molecular weight excluding hydrogens is 552 g/mol. The van der Waals surface area contributed by atoms with Crippen molar-refractivity contribution in [2.45, 2.75) is 61.6 Å². The third kappa shape index (κ3) is 4.43. The molecule has 1 aromatic heterocycles. The molecule has 0 radical (unpaired) electrons. The maximum atomic E-state index is 14.5. The predicted molar refractivity (Wildman–Crippen MR) is 129 cm³/mol. The van der Waals surface area contributed by atoms with Crippen molar-refractivity contribution in [3.05, 3.63) is 57.6 Å². The maximum Gasteiger partial charge on any atom is 0.433 e. The van der Waals surface area contributed by atoms with Crippen LogP contribution in [-0.4, -0.2) is 34.9 Å². The van der Waals surface area contributed by atoms with Gasteiger partial charge in [-0.2, -0.15) is 13.2 Å². The van der Waals surface area contributed by atoms with Crippen molar-refractivity contribution >= 4 is 45.0 Å². The quantitative estimate of drug-likeness (QED) is 0.362. The van der Waals surface area contributed by atoms with E-state index in [-0.39, 0.29) is 28.7 Å². The van der Waals surface area contributed by atoms with Crippen molar-refractivity contribution in [3.63, 3.8) is 0 Å². The molecule has 1 N–H and O–H groups in total. The average Bonchev–Trinajstić information content (AvgIpc) is 3.58. The van der Waals surface area contributed by atoms with E-state index in [9.17, 15) is 22.4 Å². The molecule has 5 nitrogen and oxygen atoms in total. The standard InChI is InChI=1S/C24H22BrClF4N4O/c1-12-10-23(6-7-34(12)18-9-14(26)8-17(27)16(18)11-25)22(35)32-21(33-23)15-4-5-19(24(28,29)30)31-20(15)13-2-3-13/h4-5,8-9,12-13H,2-3,6-7,10-11H2,1H3,(H,32,33,35)/t12?,23-/m1/s1. The number of anilines is 1. The molecule has 2 aliphatic heterocycles. The van der Waals surface area contributed by atoms with Crippen LogP contribution in [-0.2, 0) is 16.3 Å². The number of carbonyl (C=O) groups is 1. The zero-order chi connectivity index (χ0) is 25.1. The molecule has 1 amide bonds. The number of carbonyl (C=O) groups excluding carboxylic acids is 1. The van der Waals surface area contributed by atoms with Crippen LogP contribution in [0, 0.1) is 5.82 Å². The van der Waals surface area contributed by atoms with Gasteiger partial charge in [0.1, 0.15) is 22.9 Å². The molecule has 35 heavy (non-hydrogen) atoms. The van der Waals surface area contributed by atoms with Crippen molar-refractivity contribution in [2.75, 3.05) is 11.4 Å². The Balaban J connectivity index is 1.46. The van der Waals surface area contributed by atoms with Crippen molar-refractivity contribution in [1.29, 1.82) is 0 Å². The number of aromatic nitrogens is 1. The molecule has 3 heterocycles. The number of nitrogens with zero attached hydrogens (tertiary/aromatic N) is 3. The van der Waals surface area contributed by atoms with Crippen LogP contribution in [0.5, 0.6) is 0 Å². The van der Waals surface area contributed by atoms with Gasteiger partial charge in [0.15, 0.2) is 0 Å². The SMILES string of the molecule is CC1C[C@@]2(CCN1c1cc(Cl)cc(F)c1CBr)N=C(c1ccc(C(F)(F)F)nc1C1CC1)NC2=O. The van der Waals surface area contributed by atoms with Crippen molar-refractivity contribution in [2.24, 2.45) is 4.99 Å². The smallest absolute Gasteiger partial charge is 0.368 e. The Morgan fingerprint density at radius 3 is 2.66 bits per heavy atom. The van der Waals surface area contributed by atoms with Gasteiger partial charge in [0.25, 0.3) is 5.91 Å². The molecule has 2 aromatic rings. The van der Waals surface area contributed by atoms with Gasteiger partial charge in [-0.15, -0.1) is 0 Å². The Morgan fingerprint density at radius 2 is 2.03 bits per heavy atom. The molecule has 186 valence electrons. The number of benzene rings is 1. The minimum atomic E-state index is -4.54. The molecule has 2 atom stereocenters. The van der Waals surface area contributed by atoms with Gasteiger partial charge in [-0.25, -0.2) is 9.37 Å². The summed E-state index contributed by atoms with van der Waals surface area (Å²) in [6.07, 6.45) is -2.29. The van der Waals surface area contributed by atoms with Crippen LogP contribution in [0.2, 0.25) is 5.02 Å². The average molecular weight is 574 g/mol. The minimum Gasteiger partial charge on any atom is -0.368 e. The first-order valence-electron chi connectivity index (χ1n) is 11.3. The van der Waals surface area contributed by atoms with E-state index in [4.69, 9.17) is 16.6 Å². The van der Waals surface area contributed by atoms with E-state index in [1.807, 2.05) is 11.8 Å². The Hall–Kier alpha value is -2.20. The number of halogens is 6. The van der Waals surface area contributed by atoms with Crippen LogP contribution in [0.4, 0.5) is 23.2 Å². The normalized spacial score (nSPS) is 24.7. The molecule has 0 bridgehead atoms. The minimum absolute atomic E-state index is 0.0652. The summed E-state index contributed by atoms with van der Waals surface area (Å²) in [7, 11) is 0. The monoisotopic (exact) mass is 572 g/mol. The van der Waals surface area contributed by atoms with Gasteiger partial charge in [-0.05, 0) is 50.5 Å². The van der Waals surface area contributed by atoms with Gasteiger partial charge in [-0.1, -0.05) is 27.5 Å². The molecule has 3 aliphatic rings. The van der Waals surface area contributed by atoms with E-state index in [0.717, 1.165) is 18.9 Å². The number of alkyl halides is 4. The molecule has 5 rings (SSSR count). The zero-order valence-corrected chi connectivity index (χ0v) is 21.1. The molecule has 1 saturated heterocycles. The molecule has 11 heteroatoms. The van der Waals surface area contributed by atoms with Crippen LogP contribution in [0.15, 0.2) is 29.3 Å². The molecule has 1 saturated carbocycles. The Labute approximate surface area is 213 Å². The Kier molecular flexibility index (Phi) is 6.11. The predicted octanol–water partition coefficient (Wildman–Crippen LogP) is 5.97. The fourth-order valence-corrected chi connectivity index (χ4v) is 5.77. The highest BCUT2D eigenvalue weighted by Crippen LogP contribution is 2.44. The molecule has 2 fully saturated rings. The Morgan fingerprint density at radius 1 is 1.29 bits per heavy atom. The molecule has 1 aromatic carbocycles. The third-order valence-corrected chi connectivity index (χ3v) is 7.70. The third-order valence-electron chi connectivity index (χ3n) is 6.93. The molecule has 1 unspecified atom stereocenters. The highest BCUT2D eigenvalue weighted by Gasteiger charge is 2.49. The first-order valence-corrected chi connectivity index (χ1v) is 12.8. The van der Waals surface area contributed by atoms with E-state index >= 15 is 0 Å². The molecule has 1 spiro atoms. The van der Waals surface area contributed by atoms with Gasteiger partial charge >= 0.3 is 6.18 Å². The molecular formula is C24H22BrClF4N4O. The van der Waals surface area contributed by atoms with Crippen molar-refractivity contribution in [1.82, 2.24) is 10.3 Å². The highest BCUT2D eigenvalue weighted by atomic mass is 79.9. The first-order chi connectivity index (χ1) is 16.5. The van der Waals surface area contributed by atoms with Crippen molar-refractivity contribution < 1.29 is 22.4 Å². The molecule has 1 aliphatic carbocycles. The summed E-state index contributed by atoms with van der Waals surface area (Å²) >= 11 is 9.46. The second-order valence-electron chi connectivity index (χ2n) is 9.36. The zero-order valence-electron chi connectivity index (χ0n) is 18.7. The van der Waals surface area contributed by atoms with E-state index in [1.54, 1.807) is 6.07 Å². The number of aliphatic imine (C=N–C) groups is 1. The van der Waals surface area contributed by atoms with Gasteiger partial charge in [0, 0.05) is 52.1 Å². The number of rotatable bonds is 4. The van der Waals surface area contributed by atoms with Crippen molar-refractivity contribution in [3.8, 4) is 0 Å². The summed E-state index contributed by atoms with van der Waals surface area (Å²) in [5, 5.41) is 3.41. The fourth-order valence-electron chi connectivity index (χ4n) is 5.02. The van der Waals surface area contributed by atoms with E-state index < -0.39 is 23.2 Å². The highest BCUT2D eigenvalue weighted by molar-refractivity contribution is 9.08. The lowest BCUT2D eigenvalue weighted by molar-refractivity contribution is -0.141. The van der Waals surface area contributed by atoms with Crippen LogP contribution in [0.25, 0.3) is 0 Å². The van der Waals surface area contributed by atoms with Gasteiger partial charge in [0.2, 0.25) is 0 Å². The van der Waals surface area contributed by atoms with Gasteiger partial charge in [-0.3, -0.25) is 9.79 Å². The fraction of sp³-hybridized carbons (Fsp3) is 0.458. The topological polar surface area (TPSA) is 57.6 Å². The van der Waals surface area contributed by atoms with Crippen LogP contribution in [0.3, 0.4) is 0 Å². The number of nitrogens with one attached hydrogen (secondary N) is 1. The van der Waals surface area contributed by atoms with E-state index in [1.165, 1.54) is 12.1 Å². The number of amidine groups is 1. The summed E-state index contributed by atoms with van der Waals surface area (Å²) < 4.78 is 54.2. The van der Waals surface area contributed by atoms with E-state index in [2.05, 4.69) is 26.2 Å².